The van der Waals surface area contributed by atoms with Gasteiger partial charge in [-0.3, -0.25) is 19.2 Å². The molecule has 124 valence electrons. The minimum Gasteiger partial charge on any atom is -0.404 e. The Morgan fingerprint density at radius 3 is 1.86 bits per heavy atom. The Balaban J connectivity index is 2.81. The molecule has 22 heavy (non-hydrogen) atoms. The van der Waals surface area contributed by atoms with Crippen LogP contribution in [0.3, 0.4) is 0 Å². The molecule has 0 atom stereocenters. The van der Waals surface area contributed by atoms with Crippen LogP contribution in [0.15, 0.2) is 24.3 Å². The maximum Gasteiger partial charge on any atom is 0.530 e. The smallest absolute Gasteiger partial charge is 0.404 e. The highest BCUT2D eigenvalue weighted by Gasteiger charge is 2.29. The zero-order valence-electron chi connectivity index (χ0n) is 13.2. The number of non-ortho nitro benzene ring substituents is 1. The molecule has 0 amide bonds. The van der Waals surface area contributed by atoms with Gasteiger partial charge in [0.15, 0.2) is 0 Å². The van der Waals surface area contributed by atoms with Crippen molar-refractivity contribution in [1.82, 2.24) is 0 Å². The fourth-order valence-electron chi connectivity index (χ4n) is 1.33. The van der Waals surface area contributed by atoms with E-state index in [9.17, 15) is 14.7 Å². The minimum absolute atomic E-state index is 0.0756. The molecule has 0 bridgehead atoms. The number of benzene rings is 1. The summed E-state index contributed by atoms with van der Waals surface area (Å²) in [5.74, 6) is 0.523. The van der Waals surface area contributed by atoms with Crippen LogP contribution in [0.25, 0.3) is 0 Å². The lowest BCUT2D eigenvalue weighted by Crippen LogP contribution is -2.10. The summed E-state index contributed by atoms with van der Waals surface area (Å²) in [7, 11) is -3.76. The van der Waals surface area contributed by atoms with Gasteiger partial charge in [0.1, 0.15) is 5.75 Å². The summed E-state index contributed by atoms with van der Waals surface area (Å²) in [5.41, 5.74) is -0.0756. The number of nitro benzene ring substituents is 1. The third-order valence-electron chi connectivity index (χ3n) is 2.40. The second kappa shape index (κ2) is 8.27. The van der Waals surface area contributed by atoms with Crippen molar-refractivity contribution in [3.8, 4) is 5.75 Å². The zero-order valence-corrected chi connectivity index (χ0v) is 14.1. The van der Waals surface area contributed by atoms with Gasteiger partial charge in [0, 0.05) is 12.1 Å². The maximum atomic E-state index is 12.6. The van der Waals surface area contributed by atoms with Gasteiger partial charge >= 0.3 is 7.82 Å². The Kier molecular flexibility index (Phi) is 7.00. The number of hydrogen-bond donors (Lipinski definition) is 0. The average molecular weight is 331 g/mol. The van der Waals surface area contributed by atoms with Crippen LogP contribution in [0.2, 0.25) is 0 Å². The summed E-state index contributed by atoms with van der Waals surface area (Å²) in [6, 6.07) is 5.26. The highest BCUT2D eigenvalue weighted by atomic mass is 31.2. The second-order valence-electron chi connectivity index (χ2n) is 5.67. The molecule has 0 N–H and O–H groups in total. The molecule has 0 spiro atoms. The van der Waals surface area contributed by atoms with E-state index in [4.69, 9.17) is 13.6 Å². The van der Waals surface area contributed by atoms with Gasteiger partial charge < -0.3 is 4.52 Å². The van der Waals surface area contributed by atoms with Crippen LogP contribution in [0, 0.1) is 22.0 Å². The molecule has 0 aromatic heterocycles. The molecule has 1 rings (SSSR count). The van der Waals surface area contributed by atoms with Crippen LogP contribution in [0.1, 0.15) is 27.7 Å². The lowest BCUT2D eigenvalue weighted by Gasteiger charge is -2.20. The van der Waals surface area contributed by atoms with E-state index >= 15 is 0 Å². The van der Waals surface area contributed by atoms with Crippen LogP contribution in [0.4, 0.5) is 5.69 Å². The van der Waals surface area contributed by atoms with Crippen molar-refractivity contribution in [2.24, 2.45) is 11.8 Å². The highest BCUT2D eigenvalue weighted by Crippen LogP contribution is 2.50. The van der Waals surface area contributed by atoms with Gasteiger partial charge in [0.2, 0.25) is 0 Å². The first-order chi connectivity index (χ1) is 10.2. The maximum absolute atomic E-state index is 12.6. The minimum atomic E-state index is -3.76. The highest BCUT2D eigenvalue weighted by molar-refractivity contribution is 7.48. The summed E-state index contributed by atoms with van der Waals surface area (Å²) in [6.45, 7) is 8.11. The first-order valence-corrected chi connectivity index (χ1v) is 8.51. The van der Waals surface area contributed by atoms with Crippen LogP contribution in [-0.2, 0) is 13.6 Å². The Hall–Kier alpha value is -1.43. The fraction of sp³-hybridized carbons (Fsp3) is 0.571. The van der Waals surface area contributed by atoms with E-state index in [0.717, 1.165) is 0 Å². The predicted molar refractivity (Wildman–Crippen MR) is 82.9 cm³/mol. The monoisotopic (exact) mass is 331 g/mol. The molecule has 0 radical (unpaired) electrons. The SMILES string of the molecule is CC(C)COP(=O)(OCC(C)C)Oc1ccc([N+](=O)[O-])cc1. The Morgan fingerprint density at radius 1 is 1.05 bits per heavy atom. The summed E-state index contributed by atoms with van der Waals surface area (Å²) < 4.78 is 28.5. The standard InChI is InChI=1S/C14H22NO6P/c1-11(2)9-19-22(18,20-10-12(3)4)21-14-7-5-13(6-8-14)15(16)17/h5-8,11-12H,9-10H2,1-4H3. The van der Waals surface area contributed by atoms with Gasteiger partial charge in [-0.15, -0.1) is 0 Å². The molecule has 1 aromatic rings. The third kappa shape index (κ3) is 6.56. The van der Waals surface area contributed by atoms with Crippen LogP contribution < -0.4 is 4.52 Å². The Labute approximate surface area is 130 Å². The molecular weight excluding hydrogens is 309 g/mol. The second-order valence-corrected chi connectivity index (χ2v) is 7.26. The van der Waals surface area contributed by atoms with Crippen LogP contribution in [-0.4, -0.2) is 18.1 Å². The normalized spacial score (nSPS) is 11.9. The van der Waals surface area contributed by atoms with E-state index in [2.05, 4.69) is 0 Å². The Morgan fingerprint density at radius 2 is 1.50 bits per heavy atom. The number of phosphoric ester groups is 1. The summed E-state index contributed by atoms with van der Waals surface area (Å²) in [5, 5.41) is 10.6. The molecule has 0 aliphatic carbocycles. The van der Waals surface area contributed by atoms with Crippen molar-refractivity contribution in [2.45, 2.75) is 27.7 Å². The molecule has 7 nitrogen and oxygen atoms in total. The average Bonchev–Trinajstić information content (AvgIpc) is 2.44. The van der Waals surface area contributed by atoms with E-state index in [0.29, 0.717) is 0 Å². The molecule has 0 aliphatic heterocycles. The van der Waals surface area contributed by atoms with E-state index in [1.807, 2.05) is 27.7 Å². The zero-order chi connectivity index (χ0) is 16.8. The number of nitrogens with zero attached hydrogens (tertiary/aromatic N) is 1. The number of phosphoric acid groups is 1. The molecule has 0 aliphatic rings. The number of rotatable bonds is 9. The van der Waals surface area contributed by atoms with Crippen LogP contribution >= 0.6 is 7.82 Å². The molecule has 0 unspecified atom stereocenters. The van der Waals surface area contributed by atoms with Crippen molar-refractivity contribution in [2.75, 3.05) is 13.2 Å². The first-order valence-electron chi connectivity index (χ1n) is 7.05. The lowest BCUT2D eigenvalue weighted by atomic mass is 10.2. The summed E-state index contributed by atoms with van der Waals surface area (Å²) in [6.07, 6.45) is 0. The number of hydrogen-bond acceptors (Lipinski definition) is 6. The summed E-state index contributed by atoms with van der Waals surface area (Å²) in [4.78, 5) is 10.1. The van der Waals surface area contributed by atoms with Crippen molar-refractivity contribution >= 4 is 13.5 Å². The van der Waals surface area contributed by atoms with E-state index in [1.165, 1.54) is 24.3 Å². The molecule has 0 fully saturated rings. The molecular formula is C14H22NO6P. The molecule has 8 heteroatoms. The molecule has 1 aromatic carbocycles. The molecule has 0 saturated heterocycles. The van der Waals surface area contributed by atoms with Crippen molar-refractivity contribution in [3.05, 3.63) is 34.4 Å². The Bertz CT molecular complexity index is 513. The van der Waals surface area contributed by atoms with E-state index in [-0.39, 0.29) is 36.5 Å². The fourth-order valence-corrected chi connectivity index (χ4v) is 2.85. The van der Waals surface area contributed by atoms with Crippen molar-refractivity contribution in [3.63, 3.8) is 0 Å². The molecule has 0 heterocycles. The predicted octanol–water partition coefficient (Wildman–Crippen LogP) is 4.43. The van der Waals surface area contributed by atoms with E-state index < -0.39 is 12.7 Å². The lowest BCUT2D eigenvalue weighted by molar-refractivity contribution is -0.384. The topological polar surface area (TPSA) is 87.9 Å². The van der Waals surface area contributed by atoms with Crippen LogP contribution in [0.5, 0.6) is 5.75 Å². The van der Waals surface area contributed by atoms with Gasteiger partial charge in [0.05, 0.1) is 18.1 Å². The van der Waals surface area contributed by atoms with Crippen molar-refractivity contribution in [1.29, 1.82) is 0 Å². The summed E-state index contributed by atoms with van der Waals surface area (Å²) >= 11 is 0. The quantitative estimate of drug-likeness (QED) is 0.378. The van der Waals surface area contributed by atoms with Gasteiger partial charge in [-0.25, -0.2) is 4.57 Å². The largest absolute Gasteiger partial charge is 0.530 e. The first kappa shape index (κ1) is 18.6. The van der Waals surface area contributed by atoms with Gasteiger partial charge in [-0.05, 0) is 24.0 Å². The van der Waals surface area contributed by atoms with E-state index in [1.54, 1.807) is 0 Å². The van der Waals surface area contributed by atoms with Gasteiger partial charge in [-0.2, -0.15) is 0 Å². The van der Waals surface area contributed by atoms with Gasteiger partial charge in [-0.1, -0.05) is 27.7 Å². The molecule has 0 saturated carbocycles. The van der Waals surface area contributed by atoms with Gasteiger partial charge in [0.25, 0.3) is 5.69 Å². The van der Waals surface area contributed by atoms with Crippen molar-refractivity contribution < 1.29 is 23.1 Å². The third-order valence-corrected chi connectivity index (χ3v) is 3.76. The number of nitro groups is 1.